The van der Waals surface area contributed by atoms with Gasteiger partial charge in [0.25, 0.3) is 5.91 Å². The average Bonchev–Trinajstić information content (AvgIpc) is 3.04. The fraction of sp³-hybridized carbons (Fsp3) is 0.111. The highest BCUT2D eigenvalue weighted by Crippen LogP contribution is 2.20. The van der Waals surface area contributed by atoms with Gasteiger partial charge in [0.2, 0.25) is 0 Å². The minimum atomic E-state index is -0.216. The SMILES string of the molecule is O=C(NCCc1cnn(-c2ccccc2)c1)c1ccc(Cl)cc1Cl. The second-order valence-electron chi connectivity index (χ2n) is 5.26. The number of halogens is 2. The van der Waals surface area contributed by atoms with E-state index in [0.29, 0.717) is 28.6 Å². The van der Waals surface area contributed by atoms with Crippen LogP contribution in [0.15, 0.2) is 60.9 Å². The fourth-order valence-electron chi connectivity index (χ4n) is 2.30. The number of para-hydroxylation sites is 1. The first-order valence-electron chi connectivity index (χ1n) is 7.46. The lowest BCUT2D eigenvalue weighted by Crippen LogP contribution is -2.25. The molecule has 6 heteroatoms. The Bertz CT molecular complexity index is 846. The molecule has 1 heterocycles. The summed E-state index contributed by atoms with van der Waals surface area (Å²) in [5.74, 6) is -0.216. The van der Waals surface area contributed by atoms with Gasteiger partial charge in [0.1, 0.15) is 0 Å². The number of nitrogens with one attached hydrogen (secondary N) is 1. The number of nitrogens with zero attached hydrogens (tertiary/aromatic N) is 2. The minimum absolute atomic E-state index is 0.216. The maximum Gasteiger partial charge on any atom is 0.252 e. The number of hydrogen-bond acceptors (Lipinski definition) is 2. The first-order chi connectivity index (χ1) is 11.6. The molecule has 1 amide bonds. The predicted octanol–water partition coefficient (Wildman–Crippen LogP) is 4.15. The number of amides is 1. The molecule has 0 radical (unpaired) electrons. The fourth-order valence-corrected chi connectivity index (χ4v) is 2.79. The highest BCUT2D eigenvalue weighted by Gasteiger charge is 2.10. The third kappa shape index (κ3) is 3.96. The first-order valence-corrected chi connectivity index (χ1v) is 8.21. The zero-order chi connectivity index (χ0) is 16.9. The number of aromatic nitrogens is 2. The van der Waals surface area contributed by atoms with E-state index in [2.05, 4.69) is 10.4 Å². The zero-order valence-electron chi connectivity index (χ0n) is 12.7. The normalized spacial score (nSPS) is 10.6. The van der Waals surface area contributed by atoms with Crippen molar-refractivity contribution in [3.05, 3.63) is 82.1 Å². The predicted molar refractivity (Wildman–Crippen MR) is 96.1 cm³/mol. The number of carbonyl (C=O) groups excluding carboxylic acids is 1. The van der Waals surface area contributed by atoms with E-state index >= 15 is 0 Å². The molecule has 2 aromatic carbocycles. The van der Waals surface area contributed by atoms with Gasteiger partial charge in [-0.3, -0.25) is 4.79 Å². The third-order valence-electron chi connectivity index (χ3n) is 3.53. The topological polar surface area (TPSA) is 46.9 Å². The number of benzene rings is 2. The summed E-state index contributed by atoms with van der Waals surface area (Å²) in [5.41, 5.74) is 2.46. The Balaban J connectivity index is 1.57. The van der Waals surface area contributed by atoms with Crippen molar-refractivity contribution in [3.8, 4) is 5.69 Å². The van der Waals surface area contributed by atoms with Crippen LogP contribution in [-0.2, 0) is 6.42 Å². The molecular weight excluding hydrogens is 345 g/mol. The van der Waals surface area contributed by atoms with Crippen LogP contribution in [0.4, 0.5) is 0 Å². The van der Waals surface area contributed by atoms with Gasteiger partial charge in [-0.1, -0.05) is 41.4 Å². The van der Waals surface area contributed by atoms with Crippen LogP contribution in [0.3, 0.4) is 0 Å². The monoisotopic (exact) mass is 359 g/mol. The molecule has 0 saturated carbocycles. The van der Waals surface area contributed by atoms with Gasteiger partial charge in [0.15, 0.2) is 0 Å². The lowest BCUT2D eigenvalue weighted by molar-refractivity contribution is 0.0954. The van der Waals surface area contributed by atoms with Gasteiger partial charge in [-0.2, -0.15) is 5.10 Å². The molecule has 0 fully saturated rings. The van der Waals surface area contributed by atoms with E-state index in [1.165, 1.54) is 0 Å². The lowest BCUT2D eigenvalue weighted by atomic mass is 10.2. The number of rotatable bonds is 5. The molecule has 1 N–H and O–H groups in total. The molecule has 0 unspecified atom stereocenters. The minimum Gasteiger partial charge on any atom is -0.352 e. The Morgan fingerprint density at radius 3 is 2.67 bits per heavy atom. The van der Waals surface area contributed by atoms with Gasteiger partial charge >= 0.3 is 0 Å². The van der Waals surface area contributed by atoms with Crippen molar-refractivity contribution in [2.24, 2.45) is 0 Å². The van der Waals surface area contributed by atoms with Gasteiger partial charge in [-0.15, -0.1) is 0 Å². The molecule has 0 bridgehead atoms. The molecular formula is C18H15Cl2N3O. The van der Waals surface area contributed by atoms with Crippen LogP contribution in [0.25, 0.3) is 5.69 Å². The smallest absolute Gasteiger partial charge is 0.252 e. The standard InChI is InChI=1S/C18H15Cl2N3O/c19-14-6-7-16(17(20)10-14)18(24)21-9-8-13-11-22-23(12-13)15-4-2-1-3-5-15/h1-7,10-12H,8-9H2,(H,21,24). The van der Waals surface area contributed by atoms with Crippen molar-refractivity contribution in [1.29, 1.82) is 0 Å². The molecule has 0 atom stereocenters. The molecule has 0 spiro atoms. The summed E-state index contributed by atoms with van der Waals surface area (Å²) in [7, 11) is 0. The van der Waals surface area contributed by atoms with Crippen molar-refractivity contribution in [2.75, 3.05) is 6.54 Å². The Kier molecular flexibility index (Phi) is 5.18. The summed E-state index contributed by atoms with van der Waals surface area (Å²) in [5, 5.41) is 8.04. The van der Waals surface area contributed by atoms with Crippen LogP contribution >= 0.6 is 23.2 Å². The van der Waals surface area contributed by atoms with Crippen molar-refractivity contribution in [2.45, 2.75) is 6.42 Å². The Hall–Kier alpha value is -2.30. The molecule has 122 valence electrons. The van der Waals surface area contributed by atoms with Gasteiger partial charge in [-0.05, 0) is 42.3 Å². The van der Waals surface area contributed by atoms with Gasteiger partial charge in [0.05, 0.1) is 22.5 Å². The summed E-state index contributed by atoms with van der Waals surface area (Å²) >= 11 is 11.9. The van der Waals surface area contributed by atoms with Crippen LogP contribution in [0.5, 0.6) is 0 Å². The largest absolute Gasteiger partial charge is 0.352 e. The second kappa shape index (κ2) is 7.51. The van der Waals surface area contributed by atoms with E-state index in [1.54, 1.807) is 24.4 Å². The Morgan fingerprint density at radius 2 is 1.92 bits per heavy atom. The molecule has 0 aliphatic rings. The summed E-state index contributed by atoms with van der Waals surface area (Å²) in [6.45, 7) is 0.498. The van der Waals surface area contributed by atoms with E-state index in [1.807, 2.05) is 41.2 Å². The van der Waals surface area contributed by atoms with Crippen LogP contribution in [0.1, 0.15) is 15.9 Å². The highest BCUT2D eigenvalue weighted by molar-refractivity contribution is 6.36. The summed E-state index contributed by atoms with van der Waals surface area (Å²) in [6, 6.07) is 14.7. The Labute approximate surface area is 150 Å². The molecule has 3 aromatic rings. The van der Waals surface area contributed by atoms with Crippen LogP contribution in [0, 0.1) is 0 Å². The molecule has 3 rings (SSSR count). The zero-order valence-corrected chi connectivity index (χ0v) is 14.3. The van der Waals surface area contributed by atoms with E-state index in [-0.39, 0.29) is 5.91 Å². The number of hydrogen-bond donors (Lipinski definition) is 1. The van der Waals surface area contributed by atoms with E-state index in [0.717, 1.165) is 11.3 Å². The van der Waals surface area contributed by atoms with E-state index < -0.39 is 0 Å². The first kappa shape index (κ1) is 16.6. The van der Waals surface area contributed by atoms with Crippen molar-refractivity contribution in [3.63, 3.8) is 0 Å². The van der Waals surface area contributed by atoms with E-state index in [9.17, 15) is 4.79 Å². The summed E-state index contributed by atoms with van der Waals surface area (Å²) in [6.07, 6.45) is 4.44. The van der Waals surface area contributed by atoms with Crippen molar-refractivity contribution in [1.82, 2.24) is 15.1 Å². The molecule has 0 aliphatic carbocycles. The second-order valence-corrected chi connectivity index (χ2v) is 6.10. The van der Waals surface area contributed by atoms with Gasteiger partial charge in [-0.25, -0.2) is 4.68 Å². The average molecular weight is 360 g/mol. The van der Waals surface area contributed by atoms with Crippen LogP contribution in [-0.4, -0.2) is 22.2 Å². The highest BCUT2D eigenvalue weighted by atomic mass is 35.5. The summed E-state index contributed by atoms with van der Waals surface area (Å²) in [4.78, 5) is 12.1. The maximum atomic E-state index is 12.1. The molecule has 0 saturated heterocycles. The van der Waals surface area contributed by atoms with Crippen LogP contribution < -0.4 is 5.32 Å². The summed E-state index contributed by atoms with van der Waals surface area (Å²) < 4.78 is 1.81. The molecule has 1 aromatic heterocycles. The quantitative estimate of drug-likeness (QED) is 0.743. The maximum absolute atomic E-state index is 12.1. The van der Waals surface area contributed by atoms with Crippen molar-refractivity contribution < 1.29 is 4.79 Å². The third-order valence-corrected chi connectivity index (χ3v) is 4.08. The molecule has 0 aliphatic heterocycles. The number of carbonyl (C=O) groups is 1. The van der Waals surface area contributed by atoms with Gasteiger partial charge < -0.3 is 5.32 Å². The van der Waals surface area contributed by atoms with Gasteiger partial charge in [0, 0.05) is 17.8 Å². The van der Waals surface area contributed by atoms with Crippen LogP contribution in [0.2, 0.25) is 10.0 Å². The Morgan fingerprint density at radius 1 is 1.12 bits per heavy atom. The van der Waals surface area contributed by atoms with E-state index in [4.69, 9.17) is 23.2 Å². The van der Waals surface area contributed by atoms with Crippen molar-refractivity contribution >= 4 is 29.1 Å². The molecule has 24 heavy (non-hydrogen) atoms. The molecule has 4 nitrogen and oxygen atoms in total. The lowest BCUT2D eigenvalue weighted by Gasteiger charge is -2.06.